The van der Waals surface area contributed by atoms with Gasteiger partial charge in [-0.05, 0) is 39.2 Å². The van der Waals surface area contributed by atoms with Crippen molar-refractivity contribution in [2.75, 3.05) is 6.54 Å². The molecule has 1 rings (SSSR count). The summed E-state index contributed by atoms with van der Waals surface area (Å²) in [6, 6.07) is 8.16. The van der Waals surface area contributed by atoms with Gasteiger partial charge in [0.15, 0.2) is 0 Å². The van der Waals surface area contributed by atoms with Gasteiger partial charge < -0.3 is 25.2 Å². The van der Waals surface area contributed by atoms with Gasteiger partial charge in [0.05, 0.1) is 0 Å². The molecule has 0 fully saturated rings. The summed E-state index contributed by atoms with van der Waals surface area (Å²) in [6.07, 6.45) is -0.855. The van der Waals surface area contributed by atoms with Gasteiger partial charge in [-0.15, -0.1) is 0 Å². The van der Waals surface area contributed by atoms with Gasteiger partial charge in [0, 0.05) is 6.54 Å². The summed E-state index contributed by atoms with van der Waals surface area (Å²) in [6.45, 7) is 9.21. The van der Waals surface area contributed by atoms with Crippen molar-refractivity contribution in [3.8, 4) is 0 Å². The van der Waals surface area contributed by atoms with Crippen LogP contribution in [0.25, 0.3) is 0 Å². The molecule has 1 aromatic carbocycles. The van der Waals surface area contributed by atoms with E-state index in [1.54, 1.807) is 20.8 Å². The Balaban J connectivity index is 2.26. The minimum atomic E-state index is -1.16. The first-order valence-electron chi connectivity index (χ1n) is 9.19. The number of hydrogen-bond acceptors (Lipinski definition) is 6. The number of benzene rings is 1. The largest absolute Gasteiger partial charge is 0.480 e. The van der Waals surface area contributed by atoms with E-state index in [9.17, 15) is 19.5 Å². The highest BCUT2D eigenvalue weighted by Gasteiger charge is 2.23. The van der Waals surface area contributed by atoms with Crippen LogP contribution in [-0.4, -0.2) is 41.4 Å². The van der Waals surface area contributed by atoms with E-state index in [1.807, 2.05) is 30.3 Å². The fourth-order valence-electron chi connectivity index (χ4n) is 2.18. The van der Waals surface area contributed by atoms with Crippen molar-refractivity contribution in [3.63, 3.8) is 0 Å². The van der Waals surface area contributed by atoms with Crippen LogP contribution in [0, 0.1) is 0 Å². The van der Waals surface area contributed by atoms with Crippen LogP contribution >= 0.6 is 0 Å². The Morgan fingerprint density at radius 2 is 1.79 bits per heavy atom. The molecule has 0 aliphatic carbocycles. The molecule has 0 spiro atoms. The third kappa shape index (κ3) is 11.3. The summed E-state index contributed by atoms with van der Waals surface area (Å²) in [7, 11) is 0. The molecule has 0 bridgehead atoms. The Kier molecular flexibility index (Phi) is 9.50. The summed E-state index contributed by atoms with van der Waals surface area (Å²) in [5.74, 6) is -0.924. The Morgan fingerprint density at radius 3 is 2.38 bits per heavy atom. The maximum absolute atomic E-state index is 11.7. The van der Waals surface area contributed by atoms with Gasteiger partial charge in [0.25, 0.3) is 0 Å². The SMILES string of the molecule is C=C(NCCC[C@@H](NC(=O)OC(C)(C)C)C(=O)O)NC(=O)OCc1ccccc1. The molecule has 9 heteroatoms. The second-order valence-electron chi connectivity index (χ2n) is 7.27. The molecule has 0 aromatic heterocycles. The number of carboxylic acids is 1. The first-order valence-corrected chi connectivity index (χ1v) is 9.19. The zero-order chi connectivity index (χ0) is 21.9. The van der Waals surface area contributed by atoms with E-state index >= 15 is 0 Å². The highest BCUT2D eigenvalue weighted by Crippen LogP contribution is 2.08. The third-order valence-corrected chi connectivity index (χ3v) is 3.46. The number of rotatable bonds is 10. The van der Waals surface area contributed by atoms with Gasteiger partial charge in [-0.3, -0.25) is 5.32 Å². The van der Waals surface area contributed by atoms with Crippen LogP contribution in [0.4, 0.5) is 9.59 Å². The van der Waals surface area contributed by atoms with Gasteiger partial charge in [0.1, 0.15) is 24.1 Å². The molecule has 1 aromatic rings. The number of carbonyl (C=O) groups is 3. The Hall–Kier alpha value is -3.23. The highest BCUT2D eigenvalue weighted by molar-refractivity contribution is 5.79. The molecule has 0 unspecified atom stereocenters. The molecule has 160 valence electrons. The maximum atomic E-state index is 11.7. The van der Waals surface area contributed by atoms with Crippen LogP contribution in [0.1, 0.15) is 39.2 Å². The fraction of sp³-hybridized carbons (Fsp3) is 0.450. The smallest absolute Gasteiger partial charge is 0.413 e. The quantitative estimate of drug-likeness (QED) is 0.439. The van der Waals surface area contributed by atoms with E-state index in [-0.39, 0.29) is 18.8 Å². The Bertz CT molecular complexity index is 700. The maximum Gasteiger partial charge on any atom is 0.413 e. The van der Waals surface area contributed by atoms with E-state index in [1.165, 1.54) is 0 Å². The molecular weight excluding hydrogens is 378 g/mol. The van der Waals surface area contributed by atoms with Crippen LogP contribution < -0.4 is 16.0 Å². The summed E-state index contributed by atoms with van der Waals surface area (Å²) >= 11 is 0. The highest BCUT2D eigenvalue weighted by atomic mass is 16.6. The van der Waals surface area contributed by atoms with Crippen molar-refractivity contribution in [2.24, 2.45) is 0 Å². The third-order valence-electron chi connectivity index (χ3n) is 3.46. The second kappa shape index (κ2) is 11.6. The van der Waals surface area contributed by atoms with Crippen molar-refractivity contribution in [1.82, 2.24) is 16.0 Å². The molecular formula is C20H29N3O6. The average molecular weight is 407 g/mol. The Morgan fingerprint density at radius 1 is 1.14 bits per heavy atom. The standard InChI is InChI=1S/C20H29N3O6/c1-14(22-18(26)28-13-15-9-6-5-7-10-15)21-12-8-11-16(17(24)25)23-19(27)29-20(2,3)4/h5-7,9-10,16,21H,1,8,11-13H2,2-4H3,(H,22,26)(H,23,27)(H,24,25)/t16-/m1/s1. The molecule has 2 amide bonds. The zero-order valence-corrected chi connectivity index (χ0v) is 17.0. The van der Waals surface area contributed by atoms with Crippen LogP contribution in [0.5, 0.6) is 0 Å². The molecule has 0 radical (unpaired) electrons. The molecule has 4 N–H and O–H groups in total. The summed E-state index contributed by atoms with van der Waals surface area (Å²) in [5.41, 5.74) is 0.145. The number of nitrogens with one attached hydrogen (secondary N) is 3. The summed E-state index contributed by atoms with van der Waals surface area (Å²) in [5, 5.41) is 16.8. The molecule has 29 heavy (non-hydrogen) atoms. The van der Waals surface area contributed by atoms with Crippen molar-refractivity contribution in [3.05, 3.63) is 48.3 Å². The van der Waals surface area contributed by atoms with Gasteiger partial charge in [0.2, 0.25) is 0 Å². The minimum Gasteiger partial charge on any atom is -0.480 e. The van der Waals surface area contributed by atoms with Gasteiger partial charge >= 0.3 is 18.2 Å². The lowest BCUT2D eigenvalue weighted by atomic mass is 10.1. The topological polar surface area (TPSA) is 126 Å². The van der Waals surface area contributed by atoms with E-state index in [2.05, 4.69) is 22.5 Å². The van der Waals surface area contributed by atoms with E-state index in [0.29, 0.717) is 13.0 Å². The fourth-order valence-corrected chi connectivity index (χ4v) is 2.18. The van der Waals surface area contributed by atoms with E-state index in [0.717, 1.165) is 5.56 Å². The average Bonchev–Trinajstić information content (AvgIpc) is 2.61. The van der Waals surface area contributed by atoms with Crippen molar-refractivity contribution in [2.45, 2.75) is 51.9 Å². The molecule has 0 aliphatic rings. The number of carbonyl (C=O) groups excluding carboxylic acids is 2. The van der Waals surface area contributed by atoms with Gasteiger partial charge in [-0.25, -0.2) is 14.4 Å². The van der Waals surface area contributed by atoms with Crippen LogP contribution in [0.3, 0.4) is 0 Å². The number of alkyl carbamates (subject to hydrolysis) is 2. The van der Waals surface area contributed by atoms with Gasteiger partial charge in [-0.1, -0.05) is 36.9 Å². The van der Waals surface area contributed by atoms with Crippen LogP contribution in [-0.2, 0) is 20.9 Å². The summed E-state index contributed by atoms with van der Waals surface area (Å²) < 4.78 is 10.1. The number of hydrogen-bond donors (Lipinski definition) is 4. The normalized spacial score (nSPS) is 11.7. The van der Waals surface area contributed by atoms with Gasteiger partial charge in [-0.2, -0.15) is 0 Å². The Labute approximate surface area is 170 Å². The summed E-state index contributed by atoms with van der Waals surface area (Å²) in [4.78, 5) is 34.7. The van der Waals surface area contributed by atoms with Crippen molar-refractivity contribution in [1.29, 1.82) is 0 Å². The number of amides is 2. The first kappa shape index (κ1) is 23.8. The number of ether oxygens (including phenoxy) is 2. The van der Waals surface area contributed by atoms with Crippen molar-refractivity contribution >= 4 is 18.2 Å². The second-order valence-corrected chi connectivity index (χ2v) is 7.27. The zero-order valence-electron chi connectivity index (χ0n) is 17.0. The molecule has 0 saturated heterocycles. The van der Waals surface area contributed by atoms with Crippen molar-refractivity contribution < 1.29 is 29.0 Å². The lowest BCUT2D eigenvalue weighted by Gasteiger charge is -2.22. The molecule has 0 saturated carbocycles. The molecule has 0 aliphatic heterocycles. The van der Waals surface area contributed by atoms with E-state index in [4.69, 9.17) is 9.47 Å². The number of carboxylic acid groups (broad SMARTS) is 1. The van der Waals surface area contributed by atoms with Crippen LogP contribution in [0.2, 0.25) is 0 Å². The van der Waals surface area contributed by atoms with Crippen LogP contribution in [0.15, 0.2) is 42.7 Å². The lowest BCUT2D eigenvalue weighted by molar-refractivity contribution is -0.139. The number of aliphatic carboxylic acids is 1. The van der Waals surface area contributed by atoms with E-state index < -0.39 is 29.8 Å². The first-order chi connectivity index (χ1) is 13.6. The lowest BCUT2D eigenvalue weighted by Crippen LogP contribution is -2.43. The molecule has 9 nitrogen and oxygen atoms in total. The molecule has 1 atom stereocenters. The predicted molar refractivity (Wildman–Crippen MR) is 107 cm³/mol. The minimum absolute atomic E-state index is 0.135. The predicted octanol–water partition coefficient (Wildman–Crippen LogP) is 2.73. The monoisotopic (exact) mass is 407 g/mol. The molecule has 0 heterocycles.